The van der Waals surface area contributed by atoms with Gasteiger partial charge >= 0.3 is 0 Å². The Balaban J connectivity index is 3.71. The molecule has 0 saturated carbocycles. The molecule has 3 nitrogen and oxygen atoms in total. The van der Waals surface area contributed by atoms with Crippen molar-refractivity contribution in [3.8, 4) is 0 Å². The largest absolute Gasteiger partial charge is 0.314 e. The van der Waals surface area contributed by atoms with Crippen molar-refractivity contribution in [2.45, 2.75) is 53.0 Å². The summed E-state index contributed by atoms with van der Waals surface area (Å²) in [6, 6.07) is 0.526. The van der Waals surface area contributed by atoms with Crippen LogP contribution in [-0.2, 0) is 9.84 Å². The summed E-state index contributed by atoms with van der Waals surface area (Å²) in [5.41, 5.74) is 1.29. The van der Waals surface area contributed by atoms with E-state index in [9.17, 15) is 8.42 Å². The fraction of sp³-hybridized carbons (Fsp3) is 0.846. The van der Waals surface area contributed by atoms with Gasteiger partial charge in [0.05, 0.1) is 5.75 Å². The quantitative estimate of drug-likeness (QED) is 0.512. The zero-order valence-corrected chi connectivity index (χ0v) is 12.4. The maximum Gasteiger partial charge on any atom is 0.150 e. The lowest BCUT2D eigenvalue weighted by atomic mass is 10.1. The van der Waals surface area contributed by atoms with Crippen LogP contribution in [0.15, 0.2) is 11.6 Å². The summed E-state index contributed by atoms with van der Waals surface area (Å²) in [4.78, 5) is 0. The Labute approximate surface area is 107 Å². The van der Waals surface area contributed by atoms with E-state index in [0.717, 1.165) is 25.8 Å². The minimum Gasteiger partial charge on any atom is -0.314 e. The van der Waals surface area contributed by atoms with E-state index in [-0.39, 0.29) is 5.75 Å². The second-order valence-corrected chi connectivity index (χ2v) is 7.26. The second-order valence-electron chi connectivity index (χ2n) is 4.79. The average molecular weight is 261 g/mol. The molecule has 4 heteroatoms. The van der Waals surface area contributed by atoms with Crippen LogP contribution in [0.2, 0.25) is 0 Å². The van der Waals surface area contributed by atoms with Gasteiger partial charge in [-0.3, -0.25) is 0 Å². The van der Waals surface area contributed by atoms with Gasteiger partial charge in [-0.1, -0.05) is 32.4 Å². The molecule has 0 radical (unpaired) electrons. The predicted octanol–water partition coefficient (Wildman–Crippen LogP) is 2.54. The van der Waals surface area contributed by atoms with Crippen LogP contribution < -0.4 is 5.32 Å². The zero-order chi connectivity index (χ0) is 13.3. The maximum atomic E-state index is 11.3. The van der Waals surface area contributed by atoms with Crippen LogP contribution in [0, 0.1) is 0 Å². The molecular weight excluding hydrogens is 234 g/mol. The smallest absolute Gasteiger partial charge is 0.150 e. The van der Waals surface area contributed by atoms with Gasteiger partial charge in [0.2, 0.25) is 0 Å². The summed E-state index contributed by atoms with van der Waals surface area (Å²) < 4.78 is 22.6. The van der Waals surface area contributed by atoms with Gasteiger partial charge < -0.3 is 5.32 Å². The summed E-state index contributed by atoms with van der Waals surface area (Å²) >= 11 is 0. The van der Waals surface area contributed by atoms with Crippen molar-refractivity contribution in [2.24, 2.45) is 0 Å². The van der Waals surface area contributed by atoms with E-state index < -0.39 is 9.84 Å². The highest BCUT2D eigenvalue weighted by Crippen LogP contribution is 2.07. The molecule has 0 amide bonds. The van der Waals surface area contributed by atoms with Crippen LogP contribution in [0.25, 0.3) is 0 Å². The van der Waals surface area contributed by atoms with Crippen LogP contribution in [0.4, 0.5) is 0 Å². The Bertz CT molecular complexity index is 318. The third-order valence-electron chi connectivity index (χ3n) is 2.66. The monoisotopic (exact) mass is 261 g/mol. The van der Waals surface area contributed by atoms with Gasteiger partial charge in [-0.2, -0.15) is 0 Å². The molecule has 0 aromatic heterocycles. The van der Waals surface area contributed by atoms with Crippen molar-refractivity contribution >= 4 is 9.84 Å². The molecule has 0 aromatic carbocycles. The molecule has 0 atom stereocenters. The number of sulfone groups is 1. The first-order valence-corrected chi connectivity index (χ1v) is 8.29. The van der Waals surface area contributed by atoms with Gasteiger partial charge in [-0.05, 0) is 32.7 Å². The highest BCUT2D eigenvalue weighted by Gasteiger charge is 2.06. The van der Waals surface area contributed by atoms with Crippen molar-refractivity contribution in [1.82, 2.24) is 5.32 Å². The average Bonchev–Trinajstić information content (AvgIpc) is 2.24. The first-order chi connectivity index (χ1) is 7.87. The van der Waals surface area contributed by atoms with Crippen LogP contribution in [0.1, 0.15) is 47.0 Å². The lowest BCUT2D eigenvalue weighted by Gasteiger charge is -2.06. The molecule has 0 aliphatic rings. The third kappa shape index (κ3) is 10.5. The van der Waals surface area contributed by atoms with Gasteiger partial charge in [0, 0.05) is 11.8 Å². The molecule has 0 aliphatic heterocycles. The van der Waals surface area contributed by atoms with E-state index in [1.54, 1.807) is 6.92 Å². The summed E-state index contributed by atoms with van der Waals surface area (Å²) in [5.74, 6) is 0.576. The molecular formula is C13H27NO2S. The SMILES string of the molecule is CCS(=O)(=O)CCCC(C)=CCCNC(C)C. The molecule has 0 saturated heterocycles. The normalized spacial score (nSPS) is 13.4. The molecule has 0 unspecified atom stereocenters. The summed E-state index contributed by atoms with van der Waals surface area (Å²) in [7, 11) is -2.79. The molecule has 17 heavy (non-hydrogen) atoms. The summed E-state index contributed by atoms with van der Waals surface area (Å²) in [6.45, 7) is 9.03. The van der Waals surface area contributed by atoms with E-state index in [1.165, 1.54) is 5.57 Å². The van der Waals surface area contributed by atoms with Gasteiger partial charge in [-0.15, -0.1) is 0 Å². The minimum atomic E-state index is -2.79. The predicted molar refractivity (Wildman–Crippen MR) is 75.1 cm³/mol. The van der Waals surface area contributed by atoms with Gasteiger partial charge in [0.1, 0.15) is 9.84 Å². The van der Waals surface area contributed by atoms with E-state index in [1.807, 2.05) is 0 Å². The third-order valence-corrected chi connectivity index (χ3v) is 4.45. The number of hydrogen-bond acceptors (Lipinski definition) is 3. The molecule has 1 N–H and O–H groups in total. The minimum absolute atomic E-state index is 0.258. The Kier molecular flexibility index (Phi) is 8.52. The molecule has 0 fully saturated rings. The molecule has 0 spiro atoms. The van der Waals surface area contributed by atoms with Gasteiger partial charge in [0.15, 0.2) is 0 Å². The first-order valence-electron chi connectivity index (χ1n) is 6.47. The van der Waals surface area contributed by atoms with E-state index in [4.69, 9.17) is 0 Å². The van der Waals surface area contributed by atoms with Crippen LogP contribution >= 0.6 is 0 Å². The Morgan fingerprint density at radius 3 is 2.53 bits per heavy atom. The van der Waals surface area contributed by atoms with E-state index in [0.29, 0.717) is 11.8 Å². The number of allylic oxidation sites excluding steroid dienone is 1. The first kappa shape index (κ1) is 16.6. The summed E-state index contributed by atoms with van der Waals surface area (Å²) in [5, 5.41) is 3.35. The Morgan fingerprint density at radius 1 is 1.35 bits per heavy atom. The highest BCUT2D eigenvalue weighted by molar-refractivity contribution is 7.91. The van der Waals surface area contributed by atoms with Crippen molar-refractivity contribution in [3.63, 3.8) is 0 Å². The number of hydrogen-bond donors (Lipinski definition) is 1. The second kappa shape index (κ2) is 8.70. The fourth-order valence-corrected chi connectivity index (χ4v) is 2.38. The molecule has 102 valence electrons. The van der Waals surface area contributed by atoms with E-state index in [2.05, 4.69) is 32.2 Å². The van der Waals surface area contributed by atoms with Crippen LogP contribution in [-0.4, -0.2) is 32.5 Å². The van der Waals surface area contributed by atoms with Crippen LogP contribution in [0.3, 0.4) is 0 Å². The number of nitrogens with one attached hydrogen (secondary N) is 1. The summed E-state index contributed by atoms with van der Waals surface area (Å²) in [6.07, 6.45) is 4.86. The fourth-order valence-electron chi connectivity index (χ4n) is 1.51. The van der Waals surface area contributed by atoms with Gasteiger partial charge in [0.25, 0.3) is 0 Å². The lowest BCUT2D eigenvalue weighted by Crippen LogP contribution is -2.23. The molecule has 0 bridgehead atoms. The molecule has 0 aliphatic carbocycles. The molecule has 0 rings (SSSR count). The highest BCUT2D eigenvalue weighted by atomic mass is 32.2. The Morgan fingerprint density at radius 2 is 2.00 bits per heavy atom. The van der Waals surface area contributed by atoms with Gasteiger partial charge in [-0.25, -0.2) is 8.42 Å². The lowest BCUT2D eigenvalue weighted by molar-refractivity contribution is 0.591. The topological polar surface area (TPSA) is 46.2 Å². The molecule has 0 aromatic rings. The zero-order valence-electron chi connectivity index (χ0n) is 11.6. The van der Waals surface area contributed by atoms with Crippen LogP contribution in [0.5, 0.6) is 0 Å². The van der Waals surface area contributed by atoms with Crippen molar-refractivity contribution < 1.29 is 8.42 Å². The maximum absolute atomic E-state index is 11.3. The molecule has 0 heterocycles. The van der Waals surface area contributed by atoms with Crippen molar-refractivity contribution in [1.29, 1.82) is 0 Å². The van der Waals surface area contributed by atoms with Crippen molar-refractivity contribution in [2.75, 3.05) is 18.1 Å². The van der Waals surface area contributed by atoms with E-state index >= 15 is 0 Å². The number of rotatable bonds is 9. The standard InChI is InChI=1S/C13H27NO2S/c1-5-17(15,16)11-7-9-13(4)8-6-10-14-12(2)3/h8,12,14H,5-7,9-11H2,1-4H3. The van der Waals surface area contributed by atoms with Crippen molar-refractivity contribution in [3.05, 3.63) is 11.6 Å². The Hall–Kier alpha value is -0.350.